The molecule has 0 bridgehead atoms. The van der Waals surface area contributed by atoms with Crippen LogP contribution in [0.1, 0.15) is 0 Å². The highest BCUT2D eigenvalue weighted by Crippen LogP contribution is 2.31. The number of anilines is 1. The number of alkyl halides is 1. The summed E-state index contributed by atoms with van der Waals surface area (Å²) in [6.07, 6.45) is 3.75. The number of nitrogens with zero attached hydrogens (tertiary/aromatic N) is 2. The van der Waals surface area contributed by atoms with Crippen LogP contribution in [0.25, 0.3) is 16.9 Å². The average molecular weight is 301 g/mol. The molecule has 0 aliphatic carbocycles. The van der Waals surface area contributed by atoms with Gasteiger partial charge in [0.15, 0.2) is 11.5 Å². The topological polar surface area (TPSA) is 58.8 Å². The van der Waals surface area contributed by atoms with Gasteiger partial charge in [0.05, 0.1) is 12.8 Å². The van der Waals surface area contributed by atoms with Gasteiger partial charge in [0, 0.05) is 36.3 Å². The van der Waals surface area contributed by atoms with Crippen molar-refractivity contribution in [1.82, 2.24) is 9.38 Å². The minimum Gasteiger partial charge on any atom is -0.504 e. The lowest BCUT2D eigenvalue weighted by Gasteiger charge is -2.04. The predicted molar refractivity (Wildman–Crippen MR) is 83.3 cm³/mol. The van der Waals surface area contributed by atoms with Crippen LogP contribution in [0.15, 0.2) is 42.7 Å². The van der Waals surface area contributed by atoms with Gasteiger partial charge in [-0.05, 0) is 24.3 Å². The van der Waals surface area contributed by atoms with Crippen molar-refractivity contribution in [3.8, 4) is 22.8 Å². The number of rotatable bonds is 5. The van der Waals surface area contributed by atoms with Crippen LogP contribution in [-0.4, -0.2) is 34.8 Å². The fraction of sp³-hybridized carbons (Fsp3) is 0.188. The van der Waals surface area contributed by atoms with Crippen LogP contribution in [0.3, 0.4) is 0 Å². The molecule has 0 radical (unpaired) electrons. The molecule has 0 aliphatic heterocycles. The number of phenols is 1. The molecule has 2 heterocycles. The minimum atomic E-state index is -0.418. The van der Waals surface area contributed by atoms with Crippen LogP contribution in [0, 0.1) is 0 Å². The van der Waals surface area contributed by atoms with Gasteiger partial charge in [-0.15, -0.1) is 0 Å². The van der Waals surface area contributed by atoms with Crippen LogP contribution < -0.4 is 10.1 Å². The molecule has 0 amide bonds. The number of methoxy groups -OCH3 is 1. The summed E-state index contributed by atoms with van der Waals surface area (Å²) in [4.78, 5) is 4.55. The van der Waals surface area contributed by atoms with Crippen molar-refractivity contribution in [2.75, 3.05) is 25.6 Å². The quantitative estimate of drug-likeness (QED) is 0.760. The first-order valence-corrected chi connectivity index (χ1v) is 6.87. The maximum Gasteiger partial charge on any atom is 0.161 e. The number of benzene rings is 1. The Morgan fingerprint density at radius 2 is 2.18 bits per heavy atom. The highest BCUT2D eigenvalue weighted by Gasteiger charge is 2.08. The Balaban J connectivity index is 1.97. The molecule has 2 aromatic heterocycles. The third-order valence-corrected chi connectivity index (χ3v) is 3.36. The lowest BCUT2D eigenvalue weighted by molar-refractivity contribution is 0.373. The normalized spacial score (nSPS) is 10.8. The number of hydrogen-bond donors (Lipinski definition) is 2. The molecule has 5 nitrogen and oxygen atoms in total. The van der Waals surface area contributed by atoms with E-state index in [0.717, 1.165) is 22.6 Å². The number of ether oxygens (including phenoxy) is 1. The number of halogens is 1. The second kappa shape index (κ2) is 5.93. The number of pyridine rings is 1. The first kappa shape index (κ1) is 14.2. The van der Waals surface area contributed by atoms with E-state index in [2.05, 4.69) is 10.3 Å². The van der Waals surface area contributed by atoms with Gasteiger partial charge in [0.2, 0.25) is 0 Å². The molecule has 6 heteroatoms. The molecular formula is C16H16FN3O2. The van der Waals surface area contributed by atoms with Gasteiger partial charge in [-0.3, -0.25) is 0 Å². The summed E-state index contributed by atoms with van der Waals surface area (Å²) in [6, 6.07) is 8.82. The van der Waals surface area contributed by atoms with Gasteiger partial charge in [-0.2, -0.15) is 0 Å². The van der Waals surface area contributed by atoms with Crippen LogP contribution >= 0.6 is 0 Å². The number of phenolic OH excluding ortho intramolecular Hbond substituents is 1. The van der Waals surface area contributed by atoms with E-state index in [1.165, 1.54) is 7.11 Å². The zero-order valence-corrected chi connectivity index (χ0v) is 12.1. The van der Waals surface area contributed by atoms with Crippen molar-refractivity contribution >= 4 is 11.3 Å². The van der Waals surface area contributed by atoms with E-state index >= 15 is 0 Å². The number of nitrogens with one attached hydrogen (secondary N) is 1. The van der Waals surface area contributed by atoms with E-state index in [0.29, 0.717) is 5.75 Å². The number of hydrogen-bond acceptors (Lipinski definition) is 4. The van der Waals surface area contributed by atoms with Crippen LogP contribution in [-0.2, 0) is 0 Å². The van der Waals surface area contributed by atoms with E-state index in [1.54, 1.807) is 18.2 Å². The monoisotopic (exact) mass is 301 g/mol. The van der Waals surface area contributed by atoms with Gasteiger partial charge in [0.1, 0.15) is 12.3 Å². The third-order valence-electron chi connectivity index (χ3n) is 3.36. The van der Waals surface area contributed by atoms with Crippen molar-refractivity contribution in [2.45, 2.75) is 0 Å². The van der Waals surface area contributed by atoms with E-state index in [1.807, 2.05) is 28.9 Å². The van der Waals surface area contributed by atoms with Crippen molar-refractivity contribution in [2.24, 2.45) is 0 Å². The summed E-state index contributed by atoms with van der Waals surface area (Å²) >= 11 is 0. The summed E-state index contributed by atoms with van der Waals surface area (Å²) in [5, 5.41) is 12.6. The molecular weight excluding hydrogens is 285 g/mol. The molecule has 0 spiro atoms. The summed E-state index contributed by atoms with van der Waals surface area (Å²) in [5.74, 6) is 0.493. The first-order valence-electron chi connectivity index (χ1n) is 6.87. The molecule has 3 aromatic rings. The van der Waals surface area contributed by atoms with E-state index in [9.17, 15) is 9.50 Å². The van der Waals surface area contributed by atoms with Gasteiger partial charge in [-0.1, -0.05) is 0 Å². The molecule has 0 saturated carbocycles. The lowest BCUT2D eigenvalue weighted by atomic mass is 10.1. The lowest BCUT2D eigenvalue weighted by Crippen LogP contribution is -2.02. The summed E-state index contributed by atoms with van der Waals surface area (Å²) < 4.78 is 19.2. The summed E-state index contributed by atoms with van der Waals surface area (Å²) in [7, 11) is 1.51. The Hall–Kier alpha value is -2.76. The second-order valence-electron chi connectivity index (χ2n) is 4.81. The fourth-order valence-corrected chi connectivity index (χ4v) is 2.26. The fourth-order valence-electron chi connectivity index (χ4n) is 2.26. The standard InChI is InChI=1S/C16H16FN3O2/c1-22-15-8-11(2-3-14(15)21)13-10-20-7-4-12(18-6-5-17)9-16(20)19-13/h2-4,7-10,18,21H,5-6H2,1H3. The summed E-state index contributed by atoms with van der Waals surface area (Å²) in [6.45, 7) is -0.142. The average Bonchev–Trinajstić information content (AvgIpc) is 2.96. The molecule has 0 atom stereocenters. The Kier molecular flexibility index (Phi) is 3.82. The zero-order chi connectivity index (χ0) is 15.5. The molecule has 0 fully saturated rings. The maximum atomic E-state index is 12.2. The Bertz CT molecular complexity index is 801. The van der Waals surface area contributed by atoms with Gasteiger partial charge >= 0.3 is 0 Å². The Labute approximate surface area is 127 Å². The molecule has 114 valence electrons. The number of fused-ring (bicyclic) bond motifs is 1. The van der Waals surface area contributed by atoms with E-state index < -0.39 is 6.67 Å². The molecule has 3 rings (SSSR count). The van der Waals surface area contributed by atoms with Crippen LogP contribution in [0.2, 0.25) is 0 Å². The van der Waals surface area contributed by atoms with Crippen molar-refractivity contribution in [3.05, 3.63) is 42.7 Å². The molecule has 22 heavy (non-hydrogen) atoms. The van der Waals surface area contributed by atoms with Crippen LogP contribution in [0.5, 0.6) is 11.5 Å². The van der Waals surface area contributed by atoms with E-state index in [-0.39, 0.29) is 12.3 Å². The Morgan fingerprint density at radius 1 is 1.32 bits per heavy atom. The van der Waals surface area contributed by atoms with Crippen LogP contribution in [0.4, 0.5) is 10.1 Å². The highest BCUT2D eigenvalue weighted by atomic mass is 19.1. The summed E-state index contributed by atoms with van der Waals surface area (Å²) in [5.41, 5.74) is 3.19. The molecule has 1 aromatic carbocycles. The zero-order valence-electron chi connectivity index (χ0n) is 12.1. The third kappa shape index (κ3) is 2.67. The van der Waals surface area contributed by atoms with Gasteiger partial charge < -0.3 is 19.6 Å². The van der Waals surface area contributed by atoms with Crippen molar-refractivity contribution in [1.29, 1.82) is 0 Å². The van der Waals surface area contributed by atoms with Gasteiger partial charge in [-0.25, -0.2) is 9.37 Å². The predicted octanol–water partition coefficient (Wildman–Crippen LogP) is 3.10. The SMILES string of the molecule is COc1cc(-c2cn3ccc(NCCF)cc3n2)ccc1O. The number of aromatic hydroxyl groups is 1. The van der Waals surface area contributed by atoms with Crippen molar-refractivity contribution in [3.63, 3.8) is 0 Å². The largest absolute Gasteiger partial charge is 0.504 e. The first-order chi connectivity index (χ1) is 10.7. The smallest absolute Gasteiger partial charge is 0.161 e. The molecule has 0 saturated heterocycles. The number of aromatic nitrogens is 2. The Morgan fingerprint density at radius 3 is 2.95 bits per heavy atom. The molecule has 0 unspecified atom stereocenters. The highest BCUT2D eigenvalue weighted by molar-refractivity contribution is 5.67. The van der Waals surface area contributed by atoms with Gasteiger partial charge in [0.25, 0.3) is 0 Å². The maximum absolute atomic E-state index is 12.2. The second-order valence-corrected chi connectivity index (χ2v) is 4.81. The van der Waals surface area contributed by atoms with Crippen molar-refractivity contribution < 1.29 is 14.2 Å². The molecule has 2 N–H and O–H groups in total. The minimum absolute atomic E-state index is 0.0905. The number of imidazole rings is 1. The van der Waals surface area contributed by atoms with E-state index in [4.69, 9.17) is 4.74 Å². The molecule has 0 aliphatic rings.